The maximum atomic E-state index is 11.3. The lowest BCUT2D eigenvalue weighted by molar-refractivity contribution is -0.149. The topological polar surface area (TPSA) is 52.6 Å². The predicted octanol–water partition coefficient (Wildman–Crippen LogP) is 1.83. The van der Waals surface area contributed by atoms with Gasteiger partial charge >= 0.3 is 5.97 Å². The van der Waals surface area contributed by atoms with Crippen LogP contribution < -0.4 is 4.74 Å². The second-order valence-electron chi connectivity index (χ2n) is 3.44. The van der Waals surface area contributed by atoms with Crippen LogP contribution in [0.15, 0.2) is 30.3 Å². The summed E-state index contributed by atoms with van der Waals surface area (Å²) in [6, 6.07) is 9.25. The van der Waals surface area contributed by atoms with Gasteiger partial charge < -0.3 is 14.3 Å². The average Bonchev–Trinajstić information content (AvgIpc) is 2.36. The van der Waals surface area contributed by atoms with Gasteiger partial charge in [-0.15, -0.1) is 0 Å². The fourth-order valence-electron chi connectivity index (χ4n) is 1.31. The Morgan fingerprint density at radius 3 is 2.65 bits per heavy atom. The SMILES string of the molecule is CCOC(=O)C(C=O)CCOc1ccccc1. The summed E-state index contributed by atoms with van der Waals surface area (Å²) in [4.78, 5) is 22.0. The third-order valence-electron chi connectivity index (χ3n) is 2.19. The molecule has 0 aromatic heterocycles. The monoisotopic (exact) mass is 236 g/mol. The van der Waals surface area contributed by atoms with Crippen LogP contribution in [-0.2, 0) is 14.3 Å². The first-order valence-electron chi connectivity index (χ1n) is 5.57. The Hall–Kier alpha value is -1.84. The van der Waals surface area contributed by atoms with E-state index in [9.17, 15) is 9.59 Å². The van der Waals surface area contributed by atoms with Crippen LogP contribution in [0, 0.1) is 5.92 Å². The van der Waals surface area contributed by atoms with Gasteiger partial charge in [0.15, 0.2) is 0 Å². The number of benzene rings is 1. The summed E-state index contributed by atoms with van der Waals surface area (Å²) in [5.41, 5.74) is 0. The molecule has 4 heteroatoms. The number of hydrogen-bond acceptors (Lipinski definition) is 4. The second kappa shape index (κ2) is 7.44. The molecule has 4 nitrogen and oxygen atoms in total. The summed E-state index contributed by atoms with van der Waals surface area (Å²) in [5, 5.41) is 0. The van der Waals surface area contributed by atoms with Gasteiger partial charge in [-0.05, 0) is 19.1 Å². The van der Waals surface area contributed by atoms with E-state index in [0.717, 1.165) is 5.75 Å². The molecule has 0 spiro atoms. The minimum absolute atomic E-state index is 0.280. The minimum Gasteiger partial charge on any atom is -0.494 e. The molecule has 0 aliphatic heterocycles. The highest BCUT2D eigenvalue weighted by molar-refractivity contribution is 5.87. The molecule has 92 valence electrons. The van der Waals surface area contributed by atoms with Crippen molar-refractivity contribution in [2.24, 2.45) is 5.92 Å². The normalized spacial score (nSPS) is 11.6. The van der Waals surface area contributed by atoms with Crippen LogP contribution in [0.25, 0.3) is 0 Å². The zero-order chi connectivity index (χ0) is 12.5. The molecule has 0 saturated carbocycles. The molecule has 0 fully saturated rings. The van der Waals surface area contributed by atoms with Crippen molar-refractivity contribution in [3.05, 3.63) is 30.3 Å². The Morgan fingerprint density at radius 1 is 1.35 bits per heavy atom. The number of hydrogen-bond donors (Lipinski definition) is 0. The molecule has 1 aromatic rings. The van der Waals surface area contributed by atoms with E-state index in [2.05, 4.69) is 0 Å². The zero-order valence-electron chi connectivity index (χ0n) is 9.80. The standard InChI is InChI=1S/C13H16O4/c1-2-16-13(15)11(10-14)8-9-17-12-6-4-3-5-7-12/h3-7,10-11H,2,8-9H2,1H3. The number of rotatable bonds is 7. The number of aldehydes is 1. The van der Waals surface area contributed by atoms with Gasteiger partial charge in [0.05, 0.1) is 13.2 Å². The van der Waals surface area contributed by atoms with Crippen LogP contribution in [-0.4, -0.2) is 25.5 Å². The van der Waals surface area contributed by atoms with E-state index < -0.39 is 11.9 Å². The molecule has 1 rings (SSSR count). The molecule has 0 aliphatic carbocycles. The van der Waals surface area contributed by atoms with Crippen molar-refractivity contribution in [2.75, 3.05) is 13.2 Å². The maximum absolute atomic E-state index is 11.3. The van der Waals surface area contributed by atoms with Crippen molar-refractivity contribution >= 4 is 12.3 Å². The van der Waals surface area contributed by atoms with Crippen LogP contribution in [0.2, 0.25) is 0 Å². The first-order valence-corrected chi connectivity index (χ1v) is 5.57. The van der Waals surface area contributed by atoms with Gasteiger partial charge in [-0.3, -0.25) is 4.79 Å². The average molecular weight is 236 g/mol. The van der Waals surface area contributed by atoms with E-state index in [1.165, 1.54) is 0 Å². The van der Waals surface area contributed by atoms with Gasteiger partial charge in [0.2, 0.25) is 0 Å². The van der Waals surface area contributed by atoms with E-state index in [4.69, 9.17) is 9.47 Å². The summed E-state index contributed by atoms with van der Waals surface area (Å²) in [6.07, 6.45) is 0.934. The molecule has 0 bridgehead atoms. The molecular formula is C13H16O4. The summed E-state index contributed by atoms with van der Waals surface area (Å²) in [6.45, 7) is 2.30. The van der Waals surface area contributed by atoms with E-state index in [0.29, 0.717) is 19.3 Å². The van der Waals surface area contributed by atoms with Crippen LogP contribution in [0.4, 0.5) is 0 Å². The highest BCUT2D eigenvalue weighted by atomic mass is 16.5. The number of ether oxygens (including phenoxy) is 2. The largest absolute Gasteiger partial charge is 0.494 e. The number of esters is 1. The van der Waals surface area contributed by atoms with E-state index in [-0.39, 0.29) is 6.61 Å². The molecule has 0 heterocycles. The van der Waals surface area contributed by atoms with Crippen molar-refractivity contribution < 1.29 is 19.1 Å². The second-order valence-corrected chi connectivity index (χ2v) is 3.44. The predicted molar refractivity (Wildman–Crippen MR) is 62.7 cm³/mol. The molecule has 17 heavy (non-hydrogen) atoms. The number of carbonyl (C=O) groups is 2. The molecule has 0 radical (unpaired) electrons. The molecule has 0 aliphatic rings. The van der Waals surface area contributed by atoms with Crippen LogP contribution >= 0.6 is 0 Å². The smallest absolute Gasteiger partial charge is 0.316 e. The van der Waals surface area contributed by atoms with Gasteiger partial charge in [-0.2, -0.15) is 0 Å². The molecule has 1 aromatic carbocycles. The van der Waals surface area contributed by atoms with Gasteiger partial charge in [-0.25, -0.2) is 0 Å². The summed E-state index contributed by atoms with van der Waals surface area (Å²) in [7, 11) is 0. The maximum Gasteiger partial charge on any atom is 0.316 e. The van der Waals surface area contributed by atoms with Gasteiger partial charge in [0.1, 0.15) is 18.0 Å². The summed E-state index contributed by atoms with van der Waals surface area (Å²) < 4.78 is 10.2. The molecule has 1 atom stereocenters. The Labute approximate surface area is 101 Å². The summed E-state index contributed by atoms with van der Waals surface area (Å²) >= 11 is 0. The van der Waals surface area contributed by atoms with Crippen LogP contribution in [0.5, 0.6) is 5.75 Å². The fourth-order valence-corrected chi connectivity index (χ4v) is 1.31. The Bertz CT molecular complexity index is 348. The Balaban J connectivity index is 2.33. The van der Waals surface area contributed by atoms with Gasteiger partial charge in [0.25, 0.3) is 0 Å². The first kappa shape index (κ1) is 13.2. The molecular weight excluding hydrogens is 220 g/mol. The number of para-hydroxylation sites is 1. The lowest BCUT2D eigenvalue weighted by atomic mass is 10.1. The Kier molecular flexibility index (Phi) is 5.79. The van der Waals surface area contributed by atoms with Crippen LogP contribution in [0.3, 0.4) is 0 Å². The molecule has 1 unspecified atom stereocenters. The highest BCUT2D eigenvalue weighted by Gasteiger charge is 2.18. The van der Waals surface area contributed by atoms with Crippen molar-refractivity contribution in [3.8, 4) is 5.75 Å². The molecule has 0 N–H and O–H groups in total. The third kappa shape index (κ3) is 4.68. The van der Waals surface area contributed by atoms with Gasteiger partial charge in [-0.1, -0.05) is 18.2 Å². The minimum atomic E-state index is -0.737. The lowest BCUT2D eigenvalue weighted by Gasteiger charge is -2.10. The highest BCUT2D eigenvalue weighted by Crippen LogP contribution is 2.10. The lowest BCUT2D eigenvalue weighted by Crippen LogP contribution is -2.21. The van der Waals surface area contributed by atoms with Crippen molar-refractivity contribution in [1.29, 1.82) is 0 Å². The third-order valence-corrected chi connectivity index (χ3v) is 2.19. The zero-order valence-corrected chi connectivity index (χ0v) is 9.80. The van der Waals surface area contributed by atoms with E-state index >= 15 is 0 Å². The summed E-state index contributed by atoms with van der Waals surface area (Å²) in [5.74, 6) is -0.501. The number of carbonyl (C=O) groups excluding carboxylic acids is 2. The molecule has 0 saturated heterocycles. The quantitative estimate of drug-likeness (QED) is 0.412. The van der Waals surface area contributed by atoms with Crippen molar-refractivity contribution in [3.63, 3.8) is 0 Å². The Morgan fingerprint density at radius 2 is 2.06 bits per heavy atom. The van der Waals surface area contributed by atoms with Crippen molar-refractivity contribution in [2.45, 2.75) is 13.3 Å². The van der Waals surface area contributed by atoms with Gasteiger partial charge in [0, 0.05) is 6.42 Å². The van der Waals surface area contributed by atoms with E-state index in [1.54, 1.807) is 6.92 Å². The fraction of sp³-hybridized carbons (Fsp3) is 0.385. The first-order chi connectivity index (χ1) is 8.27. The van der Waals surface area contributed by atoms with E-state index in [1.807, 2.05) is 30.3 Å². The molecule has 0 amide bonds. The van der Waals surface area contributed by atoms with Crippen LogP contribution in [0.1, 0.15) is 13.3 Å². The van der Waals surface area contributed by atoms with Crippen molar-refractivity contribution in [1.82, 2.24) is 0 Å².